The highest BCUT2D eigenvalue weighted by Crippen LogP contribution is 2.61. The molecule has 0 radical (unpaired) electrons. The van der Waals surface area contributed by atoms with Gasteiger partial charge in [0.15, 0.2) is 5.82 Å². The average Bonchev–Trinajstić information content (AvgIpc) is 3.15. The number of fused-ring (bicyclic) bond motifs is 1. The van der Waals surface area contributed by atoms with Crippen molar-refractivity contribution in [2.75, 3.05) is 0 Å². The van der Waals surface area contributed by atoms with Gasteiger partial charge in [0.1, 0.15) is 5.01 Å². The lowest BCUT2D eigenvalue weighted by Crippen LogP contribution is -2.48. The Morgan fingerprint density at radius 3 is 2.36 bits per heavy atom. The Bertz CT molecular complexity index is 934. The molecular formula is C20H22N4S. The second kappa shape index (κ2) is 4.91. The quantitative estimate of drug-likeness (QED) is 0.677. The van der Waals surface area contributed by atoms with E-state index >= 15 is 0 Å². The minimum atomic E-state index is 0.336. The summed E-state index contributed by atoms with van der Waals surface area (Å²) in [6, 6.07) is 8.38. The molecule has 4 fully saturated rings. The topological polar surface area (TPSA) is 43.1 Å². The first kappa shape index (κ1) is 14.4. The van der Waals surface area contributed by atoms with E-state index in [9.17, 15) is 0 Å². The third-order valence-electron chi connectivity index (χ3n) is 6.87. The zero-order chi connectivity index (χ0) is 16.6. The van der Waals surface area contributed by atoms with Crippen molar-refractivity contribution < 1.29 is 0 Å². The standard InChI is InChI=1S/C20H22N4S/c1-12-4-2-3-5-16(12)17-21-22-19-24(17)23-18(25-19)20-9-13-6-14(10-20)8-15(7-13)11-20/h2-5,13-15H,6-11H2,1H3. The van der Waals surface area contributed by atoms with Gasteiger partial charge in [-0.15, -0.1) is 10.2 Å². The maximum Gasteiger partial charge on any atom is 0.234 e. The highest BCUT2D eigenvalue weighted by Gasteiger charge is 2.53. The summed E-state index contributed by atoms with van der Waals surface area (Å²) in [7, 11) is 0. The van der Waals surface area contributed by atoms with E-state index in [1.54, 1.807) is 11.3 Å². The molecule has 0 spiro atoms. The zero-order valence-electron chi connectivity index (χ0n) is 14.5. The van der Waals surface area contributed by atoms with Crippen LogP contribution in [0.2, 0.25) is 0 Å². The number of rotatable bonds is 2. The van der Waals surface area contributed by atoms with Gasteiger partial charge in [-0.05, 0) is 68.8 Å². The molecule has 4 saturated carbocycles. The molecule has 0 unspecified atom stereocenters. The van der Waals surface area contributed by atoms with E-state index in [2.05, 4.69) is 41.4 Å². The number of benzene rings is 1. The van der Waals surface area contributed by atoms with Crippen molar-refractivity contribution in [2.24, 2.45) is 17.8 Å². The van der Waals surface area contributed by atoms with Gasteiger partial charge < -0.3 is 0 Å². The third-order valence-corrected chi connectivity index (χ3v) is 8.01. The number of hydrogen-bond donors (Lipinski definition) is 0. The van der Waals surface area contributed by atoms with Gasteiger partial charge in [-0.3, -0.25) is 0 Å². The number of hydrogen-bond acceptors (Lipinski definition) is 4. The fraction of sp³-hybridized carbons (Fsp3) is 0.550. The summed E-state index contributed by atoms with van der Waals surface area (Å²) in [5.41, 5.74) is 2.70. The Morgan fingerprint density at radius 1 is 1.00 bits per heavy atom. The molecule has 25 heavy (non-hydrogen) atoms. The Balaban J connectivity index is 1.47. The van der Waals surface area contributed by atoms with Gasteiger partial charge in [0.05, 0.1) is 0 Å². The monoisotopic (exact) mass is 350 g/mol. The molecule has 4 aliphatic rings. The summed E-state index contributed by atoms with van der Waals surface area (Å²) in [5, 5.41) is 15.3. The number of nitrogens with zero attached hydrogens (tertiary/aromatic N) is 4. The van der Waals surface area contributed by atoms with E-state index < -0.39 is 0 Å². The molecule has 0 aliphatic heterocycles. The van der Waals surface area contributed by atoms with Gasteiger partial charge in [-0.25, -0.2) is 0 Å². The number of aromatic nitrogens is 4. The van der Waals surface area contributed by atoms with Crippen LogP contribution in [0.15, 0.2) is 24.3 Å². The van der Waals surface area contributed by atoms with Crippen LogP contribution in [0.3, 0.4) is 0 Å². The summed E-state index contributed by atoms with van der Waals surface area (Å²) in [6.45, 7) is 2.13. The van der Waals surface area contributed by atoms with Crippen LogP contribution >= 0.6 is 11.3 Å². The molecule has 3 aromatic rings. The van der Waals surface area contributed by atoms with E-state index in [1.807, 2.05) is 4.52 Å². The molecule has 2 aromatic heterocycles. The van der Waals surface area contributed by atoms with Crippen molar-refractivity contribution in [3.63, 3.8) is 0 Å². The van der Waals surface area contributed by atoms with Gasteiger partial charge in [-0.2, -0.15) is 9.61 Å². The van der Waals surface area contributed by atoms with Crippen molar-refractivity contribution in [3.05, 3.63) is 34.8 Å². The maximum absolute atomic E-state index is 5.09. The molecule has 0 amide bonds. The van der Waals surface area contributed by atoms with Gasteiger partial charge in [0, 0.05) is 11.0 Å². The Kier molecular flexibility index (Phi) is 2.83. The molecule has 0 N–H and O–H groups in total. The SMILES string of the molecule is Cc1ccccc1-c1nnc2sc(C34CC5CC(CC(C5)C3)C4)nn12. The lowest BCUT2D eigenvalue weighted by atomic mass is 9.50. The van der Waals surface area contributed by atoms with Gasteiger partial charge in [0.2, 0.25) is 4.96 Å². The first-order valence-electron chi connectivity index (χ1n) is 9.49. The Labute approximate surface area is 151 Å². The second-order valence-electron chi connectivity index (χ2n) is 8.64. The molecule has 128 valence electrons. The second-order valence-corrected chi connectivity index (χ2v) is 9.59. The van der Waals surface area contributed by atoms with E-state index in [-0.39, 0.29) is 0 Å². The van der Waals surface area contributed by atoms with Crippen LogP contribution in [0, 0.1) is 24.7 Å². The van der Waals surface area contributed by atoms with Gasteiger partial charge in [0.25, 0.3) is 0 Å². The van der Waals surface area contributed by atoms with Crippen molar-refractivity contribution in [3.8, 4) is 11.4 Å². The highest BCUT2D eigenvalue weighted by molar-refractivity contribution is 7.16. The molecule has 2 heterocycles. The fourth-order valence-electron chi connectivity index (χ4n) is 6.20. The van der Waals surface area contributed by atoms with Crippen LogP contribution in [-0.4, -0.2) is 19.8 Å². The molecular weight excluding hydrogens is 328 g/mol. The summed E-state index contributed by atoms with van der Waals surface area (Å²) in [5.74, 6) is 3.71. The molecule has 5 heteroatoms. The maximum atomic E-state index is 5.09. The Hall–Kier alpha value is -1.75. The molecule has 4 bridgehead atoms. The number of aryl methyl sites for hydroxylation is 1. The Morgan fingerprint density at radius 2 is 1.68 bits per heavy atom. The van der Waals surface area contributed by atoms with Crippen LogP contribution in [0.4, 0.5) is 0 Å². The van der Waals surface area contributed by atoms with Crippen LogP contribution < -0.4 is 0 Å². The van der Waals surface area contributed by atoms with Crippen LogP contribution in [0.1, 0.15) is 49.1 Å². The van der Waals surface area contributed by atoms with Gasteiger partial charge >= 0.3 is 0 Å². The lowest BCUT2D eigenvalue weighted by Gasteiger charge is -2.55. The summed E-state index contributed by atoms with van der Waals surface area (Å²) in [6.07, 6.45) is 8.46. The molecule has 0 atom stereocenters. The van der Waals surface area contributed by atoms with E-state index in [4.69, 9.17) is 5.10 Å². The minimum Gasteiger partial charge on any atom is -0.183 e. The van der Waals surface area contributed by atoms with Crippen molar-refractivity contribution in [2.45, 2.75) is 50.9 Å². The van der Waals surface area contributed by atoms with E-state index in [0.29, 0.717) is 5.41 Å². The molecule has 7 rings (SSSR count). The summed E-state index contributed by atoms with van der Waals surface area (Å²) >= 11 is 1.79. The smallest absolute Gasteiger partial charge is 0.183 e. The first-order chi connectivity index (χ1) is 12.2. The minimum absolute atomic E-state index is 0.336. The largest absolute Gasteiger partial charge is 0.234 e. The van der Waals surface area contributed by atoms with Crippen LogP contribution in [-0.2, 0) is 5.41 Å². The van der Waals surface area contributed by atoms with Crippen LogP contribution in [0.5, 0.6) is 0 Å². The highest BCUT2D eigenvalue weighted by atomic mass is 32.1. The van der Waals surface area contributed by atoms with Crippen molar-refractivity contribution >= 4 is 16.3 Å². The van der Waals surface area contributed by atoms with Gasteiger partial charge in [-0.1, -0.05) is 35.6 Å². The molecule has 4 aliphatic carbocycles. The van der Waals surface area contributed by atoms with Crippen molar-refractivity contribution in [1.29, 1.82) is 0 Å². The zero-order valence-corrected chi connectivity index (χ0v) is 15.3. The van der Waals surface area contributed by atoms with Crippen molar-refractivity contribution in [1.82, 2.24) is 19.8 Å². The predicted molar refractivity (Wildman–Crippen MR) is 98.7 cm³/mol. The molecule has 1 aromatic carbocycles. The lowest BCUT2D eigenvalue weighted by molar-refractivity contribution is -0.00565. The van der Waals surface area contributed by atoms with E-state index in [1.165, 1.54) is 49.1 Å². The average molecular weight is 350 g/mol. The predicted octanol–water partition coefficient (Wildman–Crippen LogP) is 4.63. The summed E-state index contributed by atoms with van der Waals surface area (Å²) in [4.78, 5) is 0.948. The molecule has 4 nitrogen and oxygen atoms in total. The summed E-state index contributed by atoms with van der Waals surface area (Å²) < 4.78 is 2.00. The fourth-order valence-corrected chi connectivity index (χ4v) is 7.25. The van der Waals surface area contributed by atoms with Crippen LogP contribution in [0.25, 0.3) is 16.3 Å². The third kappa shape index (κ3) is 2.02. The molecule has 0 saturated heterocycles. The normalized spacial score (nSPS) is 33.4. The van der Waals surface area contributed by atoms with E-state index in [0.717, 1.165) is 34.1 Å². The first-order valence-corrected chi connectivity index (χ1v) is 10.3.